The van der Waals surface area contributed by atoms with E-state index in [-0.39, 0.29) is 0 Å². The Morgan fingerprint density at radius 3 is 2.95 bits per heavy atom. The van der Waals surface area contributed by atoms with Crippen LogP contribution in [0.2, 0.25) is 0 Å². The molecule has 0 aromatic carbocycles. The highest BCUT2D eigenvalue weighted by molar-refractivity contribution is 7.11. The summed E-state index contributed by atoms with van der Waals surface area (Å²) in [5.74, 6) is 0.488. The molecular formula is C13H18N4S2. The molecule has 2 rings (SSSR count). The Hall–Kier alpha value is -1.40. The number of guanidine groups is 1. The summed E-state index contributed by atoms with van der Waals surface area (Å²) in [4.78, 5) is 11.3. The molecule has 0 fully saturated rings. The monoisotopic (exact) mass is 294 g/mol. The van der Waals surface area contributed by atoms with Gasteiger partial charge >= 0.3 is 0 Å². The molecule has 2 aromatic heterocycles. The van der Waals surface area contributed by atoms with Crippen LogP contribution in [0, 0.1) is 13.8 Å². The fourth-order valence-corrected chi connectivity index (χ4v) is 3.15. The predicted molar refractivity (Wildman–Crippen MR) is 82.9 cm³/mol. The van der Waals surface area contributed by atoms with Crippen LogP contribution in [0.15, 0.2) is 22.5 Å². The average molecular weight is 294 g/mol. The van der Waals surface area contributed by atoms with E-state index in [9.17, 15) is 0 Å². The lowest BCUT2D eigenvalue weighted by atomic mass is 10.3. The molecule has 0 atom stereocenters. The van der Waals surface area contributed by atoms with Gasteiger partial charge in [0, 0.05) is 16.3 Å². The highest BCUT2D eigenvalue weighted by atomic mass is 32.1. The quantitative estimate of drug-likeness (QED) is 0.658. The molecular weight excluding hydrogens is 276 g/mol. The summed E-state index contributed by atoms with van der Waals surface area (Å²) in [6.45, 7) is 5.45. The molecule has 2 aromatic rings. The van der Waals surface area contributed by atoms with Crippen molar-refractivity contribution in [3.8, 4) is 0 Å². The Bertz CT molecular complexity index is 523. The van der Waals surface area contributed by atoms with Gasteiger partial charge in [-0.2, -0.15) is 0 Å². The highest BCUT2D eigenvalue weighted by Gasteiger charge is 2.02. The molecule has 4 nitrogen and oxygen atoms in total. The van der Waals surface area contributed by atoms with Crippen molar-refractivity contribution in [2.45, 2.75) is 26.8 Å². The van der Waals surface area contributed by atoms with Crippen LogP contribution in [0.5, 0.6) is 0 Å². The standard InChI is InChI=1S/C13H18N4S2/c1-9-10(2)19-12(17-9)8-16-13(14)15-6-5-11-4-3-7-18-11/h3-4,7H,5-6,8H2,1-2H3,(H3,14,15,16). The average Bonchev–Trinajstić information content (AvgIpc) is 2.98. The minimum Gasteiger partial charge on any atom is -0.370 e. The molecule has 3 N–H and O–H groups in total. The van der Waals surface area contributed by atoms with E-state index in [2.05, 4.69) is 39.7 Å². The lowest BCUT2D eigenvalue weighted by Crippen LogP contribution is -2.33. The van der Waals surface area contributed by atoms with Gasteiger partial charge in [0.1, 0.15) is 5.01 Å². The summed E-state index contributed by atoms with van der Waals surface area (Å²) in [7, 11) is 0. The van der Waals surface area contributed by atoms with Crippen molar-refractivity contribution in [2.24, 2.45) is 10.7 Å². The topological polar surface area (TPSA) is 63.3 Å². The second-order valence-corrected chi connectivity index (χ2v) is 6.53. The zero-order valence-corrected chi connectivity index (χ0v) is 12.8. The first-order valence-electron chi connectivity index (χ1n) is 6.14. The number of aromatic nitrogens is 1. The van der Waals surface area contributed by atoms with Crippen molar-refractivity contribution in [1.29, 1.82) is 0 Å². The molecule has 19 heavy (non-hydrogen) atoms. The van der Waals surface area contributed by atoms with Gasteiger partial charge in [0.15, 0.2) is 5.96 Å². The minimum atomic E-state index is 0.488. The number of aryl methyl sites for hydroxylation is 2. The first kappa shape index (κ1) is 14.0. The van der Waals surface area contributed by atoms with E-state index >= 15 is 0 Å². The summed E-state index contributed by atoms with van der Waals surface area (Å²) in [5, 5.41) is 6.22. The lowest BCUT2D eigenvalue weighted by molar-refractivity contribution is 0.855. The van der Waals surface area contributed by atoms with Gasteiger partial charge in [-0.25, -0.2) is 9.98 Å². The smallest absolute Gasteiger partial charge is 0.189 e. The number of nitrogens with zero attached hydrogens (tertiary/aromatic N) is 2. The number of rotatable bonds is 5. The van der Waals surface area contributed by atoms with Crippen molar-refractivity contribution >= 4 is 28.6 Å². The molecule has 0 saturated carbocycles. The summed E-state index contributed by atoms with van der Waals surface area (Å²) >= 11 is 3.44. The molecule has 0 aliphatic carbocycles. The number of hydrogen-bond donors (Lipinski definition) is 2. The molecule has 0 spiro atoms. The Kier molecular flexibility index (Phi) is 4.93. The fraction of sp³-hybridized carbons (Fsp3) is 0.385. The molecule has 0 bridgehead atoms. The van der Waals surface area contributed by atoms with Gasteiger partial charge in [0.2, 0.25) is 0 Å². The van der Waals surface area contributed by atoms with Crippen molar-refractivity contribution in [1.82, 2.24) is 10.3 Å². The third-order valence-corrected chi connectivity index (χ3v) is 4.71. The fourth-order valence-electron chi connectivity index (χ4n) is 1.58. The normalized spacial score (nSPS) is 11.8. The van der Waals surface area contributed by atoms with Crippen LogP contribution in [0.1, 0.15) is 20.5 Å². The third kappa shape index (κ3) is 4.33. The van der Waals surface area contributed by atoms with Crippen molar-refractivity contribution in [3.05, 3.63) is 38.0 Å². The maximum atomic E-state index is 5.82. The molecule has 0 radical (unpaired) electrons. The number of nitrogens with two attached hydrogens (primary N) is 1. The number of thiazole rings is 1. The summed E-state index contributed by atoms with van der Waals surface area (Å²) in [5.41, 5.74) is 6.91. The van der Waals surface area contributed by atoms with Gasteiger partial charge in [-0.15, -0.1) is 22.7 Å². The van der Waals surface area contributed by atoms with Crippen LogP contribution >= 0.6 is 22.7 Å². The predicted octanol–water partition coefficient (Wildman–Crippen LogP) is 2.47. The molecule has 2 heterocycles. The number of nitrogens with one attached hydrogen (secondary N) is 1. The Balaban J connectivity index is 1.76. The molecule has 0 aliphatic rings. The minimum absolute atomic E-state index is 0.488. The van der Waals surface area contributed by atoms with E-state index in [1.54, 1.807) is 22.7 Å². The number of hydrogen-bond acceptors (Lipinski definition) is 4. The molecule has 6 heteroatoms. The second-order valence-electron chi connectivity index (χ2n) is 4.21. The van der Waals surface area contributed by atoms with Gasteiger partial charge in [0.05, 0.1) is 12.2 Å². The van der Waals surface area contributed by atoms with Crippen LogP contribution in [0.3, 0.4) is 0 Å². The van der Waals surface area contributed by atoms with E-state index in [0.717, 1.165) is 23.7 Å². The van der Waals surface area contributed by atoms with Crippen molar-refractivity contribution in [3.63, 3.8) is 0 Å². The Morgan fingerprint density at radius 1 is 1.47 bits per heavy atom. The molecule has 102 valence electrons. The third-order valence-electron chi connectivity index (χ3n) is 2.72. The van der Waals surface area contributed by atoms with Crippen LogP contribution < -0.4 is 11.1 Å². The second kappa shape index (κ2) is 6.68. The first-order valence-corrected chi connectivity index (χ1v) is 7.84. The van der Waals surface area contributed by atoms with E-state index in [4.69, 9.17) is 5.73 Å². The molecule has 0 saturated heterocycles. The van der Waals surface area contributed by atoms with Gasteiger partial charge in [-0.1, -0.05) is 6.07 Å². The van der Waals surface area contributed by atoms with Crippen molar-refractivity contribution in [2.75, 3.05) is 6.54 Å². The van der Waals surface area contributed by atoms with E-state index in [0.29, 0.717) is 12.5 Å². The van der Waals surface area contributed by atoms with Gasteiger partial charge in [-0.3, -0.25) is 0 Å². The zero-order valence-electron chi connectivity index (χ0n) is 11.1. The number of aliphatic imine (C=N–C) groups is 1. The van der Waals surface area contributed by atoms with Gasteiger partial charge < -0.3 is 11.1 Å². The van der Waals surface area contributed by atoms with Crippen molar-refractivity contribution < 1.29 is 0 Å². The SMILES string of the molecule is Cc1nc(CN=C(N)NCCc2cccs2)sc1C. The van der Waals surface area contributed by atoms with Crippen LogP contribution in [-0.4, -0.2) is 17.5 Å². The maximum absolute atomic E-state index is 5.82. The number of thiophene rings is 1. The van der Waals surface area contributed by atoms with E-state index in [1.807, 2.05) is 6.92 Å². The zero-order chi connectivity index (χ0) is 13.7. The van der Waals surface area contributed by atoms with E-state index in [1.165, 1.54) is 9.75 Å². The van der Waals surface area contributed by atoms with Gasteiger partial charge in [-0.05, 0) is 31.7 Å². The van der Waals surface area contributed by atoms with Crippen LogP contribution in [0.4, 0.5) is 0 Å². The Labute approximate surface area is 121 Å². The molecule has 0 unspecified atom stereocenters. The first-order chi connectivity index (χ1) is 9.15. The van der Waals surface area contributed by atoms with Crippen LogP contribution in [0.25, 0.3) is 0 Å². The summed E-state index contributed by atoms with van der Waals surface area (Å²) < 4.78 is 0. The van der Waals surface area contributed by atoms with Crippen LogP contribution in [-0.2, 0) is 13.0 Å². The maximum Gasteiger partial charge on any atom is 0.189 e. The summed E-state index contributed by atoms with van der Waals surface area (Å²) in [6, 6.07) is 4.19. The Morgan fingerprint density at radius 2 is 2.32 bits per heavy atom. The van der Waals surface area contributed by atoms with Gasteiger partial charge in [0.25, 0.3) is 0 Å². The highest BCUT2D eigenvalue weighted by Crippen LogP contribution is 2.16. The summed E-state index contributed by atoms with van der Waals surface area (Å²) in [6.07, 6.45) is 0.976. The molecule has 0 aliphatic heterocycles. The molecule has 0 amide bonds. The van der Waals surface area contributed by atoms with E-state index < -0.39 is 0 Å². The lowest BCUT2D eigenvalue weighted by Gasteiger charge is -2.03. The largest absolute Gasteiger partial charge is 0.370 e.